The third kappa shape index (κ3) is 3.99. The van der Waals surface area contributed by atoms with E-state index in [1.165, 1.54) is 11.8 Å². The van der Waals surface area contributed by atoms with Crippen LogP contribution >= 0.6 is 50.9 Å². The Balaban J connectivity index is 2.08. The lowest BCUT2D eigenvalue weighted by Crippen LogP contribution is -2.03. The highest BCUT2D eigenvalue weighted by Crippen LogP contribution is 2.28. The van der Waals surface area contributed by atoms with Crippen LogP contribution in [0, 0.1) is 0 Å². The molecule has 0 aliphatic heterocycles. The number of thioether (sulfide) groups is 1. The summed E-state index contributed by atoms with van der Waals surface area (Å²) in [7, 11) is 0. The summed E-state index contributed by atoms with van der Waals surface area (Å²) in [6.45, 7) is 0. The number of carbonyl (C=O) groups is 1. The van der Waals surface area contributed by atoms with Crippen molar-refractivity contribution < 1.29 is 4.79 Å². The third-order valence-corrected chi connectivity index (χ3v) is 4.72. The summed E-state index contributed by atoms with van der Waals surface area (Å²) in [4.78, 5) is 13.1. The van der Waals surface area contributed by atoms with Crippen molar-refractivity contribution in [2.24, 2.45) is 0 Å². The fraction of sp³-hybridized carbons (Fsp3) is 0.0714. The van der Waals surface area contributed by atoms with Gasteiger partial charge in [0.25, 0.3) is 0 Å². The summed E-state index contributed by atoms with van der Waals surface area (Å²) >= 11 is 16.8. The molecule has 0 aromatic heterocycles. The van der Waals surface area contributed by atoms with Gasteiger partial charge in [-0.05, 0) is 30.3 Å². The van der Waals surface area contributed by atoms with Gasteiger partial charge in [-0.25, -0.2) is 0 Å². The first-order valence-corrected chi connectivity index (χ1v) is 7.97. The van der Waals surface area contributed by atoms with Crippen LogP contribution in [0.3, 0.4) is 0 Å². The number of ketones is 1. The minimum atomic E-state index is -0.0301. The Hall–Kier alpha value is -0.480. The second kappa shape index (κ2) is 6.80. The van der Waals surface area contributed by atoms with Crippen LogP contribution in [-0.2, 0) is 0 Å². The smallest absolute Gasteiger partial charge is 0.174 e. The van der Waals surface area contributed by atoms with E-state index in [0.29, 0.717) is 21.4 Å². The topological polar surface area (TPSA) is 17.1 Å². The summed E-state index contributed by atoms with van der Waals surface area (Å²) in [6.07, 6.45) is 0. The van der Waals surface area contributed by atoms with E-state index in [4.69, 9.17) is 23.2 Å². The Labute approximate surface area is 134 Å². The van der Waals surface area contributed by atoms with Crippen molar-refractivity contribution in [1.29, 1.82) is 0 Å². The van der Waals surface area contributed by atoms with E-state index in [0.717, 1.165) is 9.37 Å². The second-order valence-corrected chi connectivity index (χ2v) is 6.52. The van der Waals surface area contributed by atoms with Crippen molar-refractivity contribution in [3.8, 4) is 0 Å². The Morgan fingerprint density at radius 2 is 1.89 bits per heavy atom. The molecule has 1 nitrogen and oxygen atoms in total. The van der Waals surface area contributed by atoms with E-state index in [-0.39, 0.29) is 5.78 Å². The van der Waals surface area contributed by atoms with E-state index < -0.39 is 0 Å². The van der Waals surface area contributed by atoms with Crippen LogP contribution in [-0.4, -0.2) is 11.5 Å². The van der Waals surface area contributed by atoms with Crippen LogP contribution in [0.25, 0.3) is 0 Å². The van der Waals surface area contributed by atoms with Gasteiger partial charge in [0.2, 0.25) is 0 Å². The van der Waals surface area contributed by atoms with E-state index in [1.807, 2.05) is 24.3 Å². The van der Waals surface area contributed by atoms with E-state index in [2.05, 4.69) is 15.9 Å². The summed E-state index contributed by atoms with van der Waals surface area (Å²) < 4.78 is 0.991. The second-order valence-electron chi connectivity index (χ2n) is 3.77. The van der Waals surface area contributed by atoms with Crippen molar-refractivity contribution >= 4 is 56.7 Å². The van der Waals surface area contributed by atoms with Crippen LogP contribution in [0.1, 0.15) is 10.4 Å². The van der Waals surface area contributed by atoms with E-state index in [1.54, 1.807) is 18.2 Å². The van der Waals surface area contributed by atoms with Gasteiger partial charge in [0.1, 0.15) is 0 Å². The summed E-state index contributed by atoms with van der Waals surface area (Å²) in [5.74, 6) is 0.300. The van der Waals surface area contributed by atoms with Crippen LogP contribution in [0.4, 0.5) is 0 Å². The number of benzene rings is 2. The van der Waals surface area contributed by atoms with Crippen LogP contribution < -0.4 is 0 Å². The molecule has 5 heteroatoms. The highest BCUT2D eigenvalue weighted by atomic mass is 79.9. The molecule has 98 valence electrons. The summed E-state index contributed by atoms with van der Waals surface area (Å²) in [5, 5.41) is 0.726. The first-order chi connectivity index (χ1) is 9.08. The molecule has 0 saturated carbocycles. The minimum absolute atomic E-state index is 0.0301. The lowest BCUT2D eigenvalue weighted by Gasteiger charge is -2.05. The molecule has 0 heterocycles. The van der Waals surface area contributed by atoms with Gasteiger partial charge in [-0.3, -0.25) is 4.79 Å². The highest BCUT2D eigenvalue weighted by Gasteiger charge is 2.12. The van der Waals surface area contributed by atoms with Crippen LogP contribution in [0.15, 0.2) is 51.8 Å². The number of Topliss-reactive ketones (excluding diaryl/α,β-unsaturated/α-hetero) is 1. The van der Waals surface area contributed by atoms with Crippen molar-refractivity contribution in [3.63, 3.8) is 0 Å². The monoisotopic (exact) mass is 374 g/mol. The van der Waals surface area contributed by atoms with Crippen LogP contribution in [0.5, 0.6) is 0 Å². The molecule has 0 aliphatic rings. The molecule has 2 aromatic rings. The Kier molecular flexibility index (Phi) is 5.34. The molecule has 19 heavy (non-hydrogen) atoms. The molecule has 0 radical (unpaired) electrons. The lowest BCUT2D eigenvalue weighted by atomic mass is 10.1. The lowest BCUT2D eigenvalue weighted by molar-refractivity contribution is 0.102. The third-order valence-electron chi connectivity index (χ3n) is 2.42. The largest absolute Gasteiger partial charge is 0.293 e. The zero-order valence-electron chi connectivity index (χ0n) is 9.70. The predicted molar refractivity (Wildman–Crippen MR) is 85.7 cm³/mol. The molecule has 0 bridgehead atoms. The molecule has 0 unspecified atom stereocenters. The van der Waals surface area contributed by atoms with Gasteiger partial charge in [0.15, 0.2) is 5.78 Å². The van der Waals surface area contributed by atoms with Gasteiger partial charge in [0, 0.05) is 14.9 Å². The average Bonchev–Trinajstić information content (AvgIpc) is 2.39. The number of hydrogen-bond acceptors (Lipinski definition) is 2. The van der Waals surface area contributed by atoms with Crippen molar-refractivity contribution in [1.82, 2.24) is 0 Å². The average molecular weight is 376 g/mol. The number of hydrogen-bond donors (Lipinski definition) is 0. The van der Waals surface area contributed by atoms with Gasteiger partial charge in [0.05, 0.1) is 15.8 Å². The first kappa shape index (κ1) is 14.9. The minimum Gasteiger partial charge on any atom is -0.293 e. The molecule has 2 aromatic carbocycles. The maximum Gasteiger partial charge on any atom is 0.174 e. The first-order valence-electron chi connectivity index (χ1n) is 5.43. The molecule has 2 rings (SSSR count). The van der Waals surface area contributed by atoms with Crippen molar-refractivity contribution in [2.75, 3.05) is 5.75 Å². The number of rotatable bonds is 4. The zero-order chi connectivity index (χ0) is 13.8. The Bertz CT molecular complexity index is 616. The zero-order valence-corrected chi connectivity index (χ0v) is 13.6. The van der Waals surface area contributed by atoms with Crippen molar-refractivity contribution in [3.05, 3.63) is 62.5 Å². The van der Waals surface area contributed by atoms with Gasteiger partial charge in [-0.15, -0.1) is 11.8 Å². The van der Waals surface area contributed by atoms with Gasteiger partial charge in [-0.1, -0.05) is 51.3 Å². The fourth-order valence-electron chi connectivity index (χ4n) is 1.50. The molecular formula is C14H9BrCl2OS. The predicted octanol–water partition coefficient (Wildman–Crippen LogP) is 5.73. The SMILES string of the molecule is O=C(CSc1cccc(Br)c1)c1cccc(Cl)c1Cl. The summed E-state index contributed by atoms with van der Waals surface area (Å²) in [5.41, 5.74) is 0.469. The molecular weight excluding hydrogens is 367 g/mol. The normalized spacial score (nSPS) is 10.5. The van der Waals surface area contributed by atoms with Crippen LogP contribution in [0.2, 0.25) is 10.0 Å². The number of carbonyl (C=O) groups excluding carboxylic acids is 1. The number of halogens is 3. The van der Waals surface area contributed by atoms with Gasteiger partial charge < -0.3 is 0 Å². The standard InChI is InChI=1S/C14H9BrCl2OS/c15-9-3-1-4-10(7-9)19-8-13(18)11-5-2-6-12(16)14(11)17/h1-7H,8H2. The Morgan fingerprint density at radius 3 is 2.63 bits per heavy atom. The molecule has 0 atom stereocenters. The quantitative estimate of drug-likeness (QED) is 0.501. The molecule has 0 fully saturated rings. The fourth-order valence-corrected chi connectivity index (χ4v) is 3.30. The Morgan fingerprint density at radius 1 is 1.16 bits per heavy atom. The molecule has 0 N–H and O–H groups in total. The van der Waals surface area contributed by atoms with E-state index >= 15 is 0 Å². The molecule has 0 amide bonds. The maximum atomic E-state index is 12.1. The highest BCUT2D eigenvalue weighted by molar-refractivity contribution is 9.10. The summed E-state index contributed by atoms with van der Waals surface area (Å²) in [6, 6.07) is 12.9. The molecule has 0 saturated heterocycles. The van der Waals surface area contributed by atoms with Gasteiger partial charge in [-0.2, -0.15) is 0 Å². The van der Waals surface area contributed by atoms with Crippen molar-refractivity contribution in [2.45, 2.75) is 4.90 Å². The maximum absolute atomic E-state index is 12.1. The van der Waals surface area contributed by atoms with E-state index in [9.17, 15) is 4.79 Å². The molecule has 0 aliphatic carbocycles. The van der Waals surface area contributed by atoms with Gasteiger partial charge >= 0.3 is 0 Å². The molecule has 0 spiro atoms.